The molecule has 1 aromatic heterocycles. The molecule has 8 rings (SSSR count). The molecule has 0 aliphatic carbocycles. The number of anilines is 2. The summed E-state index contributed by atoms with van der Waals surface area (Å²) >= 11 is 1.89. The summed E-state index contributed by atoms with van der Waals surface area (Å²) in [7, 11) is 0. The van der Waals surface area contributed by atoms with Gasteiger partial charge in [0.2, 0.25) is 0 Å². The zero-order valence-corrected chi connectivity index (χ0v) is 25.7. The third-order valence-electron chi connectivity index (χ3n) is 8.08. The number of hydrogen-bond acceptors (Lipinski definition) is 2. The molecule has 0 saturated carbocycles. The molecule has 0 amide bonds. The lowest BCUT2D eigenvalue weighted by atomic mass is 9.98. The normalized spacial score (nSPS) is 11.0. The van der Waals surface area contributed by atoms with Gasteiger partial charge in [-0.1, -0.05) is 141 Å². The third kappa shape index (κ3) is 5.25. The van der Waals surface area contributed by atoms with E-state index in [1.807, 2.05) is 31.3 Å². The lowest BCUT2D eigenvalue weighted by Gasteiger charge is -2.10. The second kappa shape index (κ2) is 12.2. The first-order valence-corrected chi connectivity index (χ1v) is 16.1. The topological polar surface area (TPSA) is 12.0 Å². The van der Waals surface area contributed by atoms with Crippen molar-refractivity contribution in [2.24, 2.45) is 0 Å². The minimum Gasteiger partial charge on any atom is -0.356 e. The zero-order chi connectivity index (χ0) is 29.9. The van der Waals surface area contributed by atoms with Crippen LogP contribution >= 0.6 is 11.3 Å². The van der Waals surface area contributed by atoms with Crippen LogP contribution < -0.4 is 5.32 Å². The highest BCUT2D eigenvalue weighted by molar-refractivity contribution is 7.26. The fourth-order valence-electron chi connectivity index (χ4n) is 5.93. The van der Waals surface area contributed by atoms with Crippen LogP contribution in [0.1, 0.15) is 13.8 Å². The van der Waals surface area contributed by atoms with Gasteiger partial charge in [0.1, 0.15) is 0 Å². The highest BCUT2D eigenvalue weighted by Gasteiger charge is 2.13. The molecule has 212 valence electrons. The van der Waals surface area contributed by atoms with Gasteiger partial charge in [-0.25, -0.2) is 0 Å². The van der Waals surface area contributed by atoms with Gasteiger partial charge in [0.25, 0.3) is 0 Å². The van der Waals surface area contributed by atoms with Crippen molar-refractivity contribution in [2.75, 3.05) is 5.32 Å². The molecule has 0 unspecified atom stereocenters. The van der Waals surface area contributed by atoms with E-state index in [1.54, 1.807) is 0 Å². The van der Waals surface area contributed by atoms with Crippen molar-refractivity contribution in [2.45, 2.75) is 13.8 Å². The SMILES string of the molecule is CC.c1ccc(-c2ccc(Nc3ccc(-c4ccc(-c5cccc6c5sc5ccc7ccccc7c56)cc4)cc3)cc2)cc1. The van der Waals surface area contributed by atoms with Gasteiger partial charge >= 0.3 is 0 Å². The summed E-state index contributed by atoms with van der Waals surface area (Å²) in [5, 5.41) is 8.86. The summed E-state index contributed by atoms with van der Waals surface area (Å²) in [5.41, 5.74) is 9.57. The van der Waals surface area contributed by atoms with Gasteiger partial charge in [-0.05, 0) is 74.5 Å². The molecular weight excluding hydrogens is 551 g/mol. The molecule has 0 radical (unpaired) electrons. The Kier molecular flexibility index (Phi) is 7.67. The van der Waals surface area contributed by atoms with Gasteiger partial charge in [-0.15, -0.1) is 11.3 Å². The first-order chi connectivity index (χ1) is 21.8. The quantitative estimate of drug-likeness (QED) is 0.212. The van der Waals surface area contributed by atoms with Crippen LogP contribution in [0.5, 0.6) is 0 Å². The van der Waals surface area contributed by atoms with E-state index in [0.29, 0.717) is 0 Å². The monoisotopic (exact) mass is 583 g/mol. The van der Waals surface area contributed by atoms with Crippen LogP contribution in [0.2, 0.25) is 0 Å². The molecular formula is C42H33NS. The van der Waals surface area contributed by atoms with E-state index in [-0.39, 0.29) is 0 Å². The van der Waals surface area contributed by atoms with E-state index in [0.717, 1.165) is 11.4 Å². The molecule has 0 bridgehead atoms. The molecule has 2 heteroatoms. The average molecular weight is 584 g/mol. The number of nitrogens with one attached hydrogen (secondary N) is 1. The number of benzene rings is 7. The number of rotatable bonds is 5. The van der Waals surface area contributed by atoms with Gasteiger partial charge < -0.3 is 5.32 Å². The number of thiophene rings is 1. The Morgan fingerprint density at radius 1 is 0.409 bits per heavy atom. The molecule has 1 heterocycles. The zero-order valence-electron chi connectivity index (χ0n) is 24.9. The van der Waals surface area contributed by atoms with Crippen molar-refractivity contribution in [1.29, 1.82) is 0 Å². The van der Waals surface area contributed by atoms with E-state index >= 15 is 0 Å². The van der Waals surface area contributed by atoms with Gasteiger partial charge in [-0.3, -0.25) is 0 Å². The van der Waals surface area contributed by atoms with Crippen molar-refractivity contribution in [3.8, 4) is 33.4 Å². The number of hydrogen-bond donors (Lipinski definition) is 1. The molecule has 0 atom stereocenters. The Labute approximate surface area is 263 Å². The van der Waals surface area contributed by atoms with Gasteiger partial charge in [0.15, 0.2) is 0 Å². The van der Waals surface area contributed by atoms with Crippen molar-refractivity contribution in [3.05, 3.63) is 158 Å². The van der Waals surface area contributed by atoms with Gasteiger partial charge in [0, 0.05) is 31.5 Å². The first kappa shape index (κ1) is 27.6. The highest BCUT2D eigenvalue weighted by atomic mass is 32.1. The molecule has 0 aliphatic rings. The van der Waals surface area contributed by atoms with E-state index < -0.39 is 0 Å². The predicted octanol–water partition coefficient (Wildman–Crippen LogP) is 13.0. The summed E-state index contributed by atoms with van der Waals surface area (Å²) < 4.78 is 2.69. The smallest absolute Gasteiger partial charge is 0.0434 e. The van der Waals surface area contributed by atoms with Crippen molar-refractivity contribution in [3.63, 3.8) is 0 Å². The van der Waals surface area contributed by atoms with Crippen molar-refractivity contribution >= 4 is 53.7 Å². The number of fused-ring (bicyclic) bond motifs is 5. The van der Waals surface area contributed by atoms with E-state index in [9.17, 15) is 0 Å². The standard InChI is InChI=1S/C40H27NS.C2H6/c1-2-7-27(8-3-1)29-17-22-33(23-18-29)41-34-24-19-30(20-25-34)28-13-15-32(16-14-28)36-11-6-12-37-39-35-10-5-4-9-31(35)21-26-38(39)42-40(36)37;1-2/h1-26,41H;1-2H3. The van der Waals surface area contributed by atoms with Crippen LogP contribution in [-0.2, 0) is 0 Å². The minimum absolute atomic E-state index is 1.08. The molecule has 0 aliphatic heterocycles. The minimum atomic E-state index is 1.08. The molecule has 0 fully saturated rings. The van der Waals surface area contributed by atoms with E-state index in [4.69, 9.17) is 0 Å². The van der Waals surface area contributed by atoms with Gasteiger partial charge in [-0.2, -0.15) is 0 Å². The largest absolute Gasteiger partial charge is 0.356 e. The molecule has 0 spiro atoms. The fraction of sp³-hybridized carbons (Fsp3) is 0.0476. The Balaban J connectivity index is 0.00000153. The summed E-state index contributed by atoms with van der Waals surface area (Å²) in [5.74, 6) is 0. The Morgan fingerprint density at radius 3 is 1.59 bits per heavy atom. The van der Waals surface area contributed by atoms with Crippen LogP contribution in [0.15, 0.2) is 158 Å². The maximum Gasteiger partial charge on any atom is 0.0434 e. The summed E-state index contributed by atoms with van der Waals surface area (Å²) in [6.45, 7) is 4.00. The molecule has 8 aromatic rings. The molecule has 1 N–H and O–H groups in total. The van der Waals surface area contributed by atoms with Crippen LogP contribution in [0, 0.1) is 0 Å². The van der Waals surface area contributed by atoms with Gasteiger partial charge in [0.05, 0.1) is 0 Å². The van der Waals surface area contributed by atoms with Crippen LogP contribution in [-0.4, -0.2) is 0 Å². The molecule has 0 saturated heterocycles. The summed E-state index contributed by atoms with van der Waals surface area (Å²) in [6, 6.07) is 56.7. The Morgan fingerprint density at radius 2 is 0.932 bits per heavy atom. The van der Waals surface area contributed by atoms with Crippen molar-refractivity contribution < 1.29 is 0 Å². The van der Waals surface area contributed by atoms with Crippen LogP contribution in [0.4, 0.5) is 11.4 Å². The molecule has 7 aromatic carbocycles. The lowest BCUT2D eigenvalue weighted by molar-refractivity contribution is 1.50. The van der Waals surface area contributed by atoms with Crippen LogP contribution in [0.3, 0.4) is 0 Å². The summed E-state index contributed by atoms with van der Waals surface area (Å²) in [4.78, 5) is 0. The molecule has 1 nitrogen and oxygen atoms in total. The fourth-order valence-corrected chi connectivity index (χ4v) is 7.18. The van der Waals surface area contributed by atoms with E-state index in [2.05, 4.69) is 157 Å². The first-order valence-electron chi connectivity index (χ1n) is 15.3. The Hall–Kier alpha value is -5.18. The summed E-state index contributed by atoms with van der Waals surface area (Å²) in [6.07, 6.45) is 0. The van der Waals surface area contributed by atoms with Crippen molar-refractivity contribution in [1.82, 2.24) is 0 Å². The average Bonchev–Trinajstić information content (AvgIpc) is 3.50. The lowest BCUT2D eigenvalue weighted by Crippen LogP contribution is -1.90. The maximum absolute atomic E-state index is 3.53. The highest BCUT2D eigenvalue weighted by Crippen LogP contribution is 2.43. The Bertz CT molecular complexity index is 2170. The second-order valence-corrected chi connectivity index (χ2v) is 11.7. The van der Waals surface area contributed by atoms with Crippen LogP contribution in [0.25, 0.3) is 64.3 Å². The molecule has 44 heavy (non-hydrogen) atoms. The third-order valence-corrected chi connectivity index (χ3v) is 9.29. The predicted molar refractivity (Wildman–Crippen MR) is 194 cm³/mol. The second-order valence-electron chi connectivity index (χ2n) is 10.7. The maximum atomic E-state index is 3.53. The van der Waals surface area contributed by atoms with E-state index in [1.165, 1.54) is 64.3 Å².